The second-order valence-electron chi connectivity index (χ2n) is 9.64. The van der Waals surface area contributed by atoms with Crippen LogP contribution in [0.15, 0.2) is 29.3 Å². The standard InChI is InChI=1S/C24H37N3OS/c1-17-21(27(5)23(29-17)26-19-10-8-6-7-9-11-19)16-22(28)25-20-14-12-18(13-15-20)24(2,3)4/h12-15,17,19,21H,6-11,16H2,1-5H3,(H,25,28). The minimum absolute atomic E-state index is 0.0773. The molecule has 2 atom stereocenters. The van der Waals surface area contributed by atoms with Crippen LogP contribution in [0.4, 0.5) is 5.69 Å². The van der Waals surface area contributed by atoms with Crippen molar-refractivity contribution >= 4 is 28.5 Å². The monoisotopic (exact) mass is 415 g/mol. The summed E-state index contributed by atoms with van der Waals surface area (Å²) in [6.45, 7) is 8.81. The van der Waals surface area contributed by atoms with Gasteiger partial charge in [-0.25, -0.2) is 0 Å². The molecule has 4 nitrogen and oxygen atoms in total. The van der Waals surface area contributed by atoms with Crippen molar-refractivity contribution in [1.29, 1.82) is 0 Å². The summed E-state index contributed by atoms with van der Waals surface area (Å²) in [5.41, 5.74) is 2.26. The van der Waals surface area contributed by atoms with Crippen molar-refractivity contribution < 1.29 is 4.79 Å². The molecule has 2 unspecified atom stereocenters. The molecule has 1 saturated heterocycles. The third-order valence-corrected chi connectivity index (χ3v) is 7.47. The molecule has 1 heterocycles. The number of hydrogen-bond donors (Lipinski definition) is 1. The number of anilines is 1. The number of carbonyl (C=O) groups excluding carboxylic acids is 1. The maximum atomic E-state index is 12.7. The van der Waals surface area contributed by atoms with Crippen molar-refractivity contribution in [3.63, 3.8) is 0 Å². The van der Waals surface area contributed by atoms with Gasteiger partial charge in [-0.15, -0.1) is 0 Å². The van der Waals surface area contributed by atoms with Gasteiger partial charge in [-0.3, -0.25) is 9.79 Å². The number of nitrogens with one attached hydrogen (secondary N) is 1. The molecule has 2 fully saturated rings. The highest BCUT2D eigenvalue weighted by atomic mass is 32.2. The first kappa shape index (κ1) is 22.2. The largest absolute Gasteiger partial charge is 0.350 e. The van der Waals surface area contributed by atoms with Crippen LogP contribution < -0.4 is 5.32 Å². The summed E-state index contributed by atoms with van der Waals surface area (Å²) in [5.74, 6) is 0.0773. The maximum absolute atomic E-state index is 12.7. The van der Waals surface area contributed by atoms with E-state index < -0.39 is 0 Å². The molecule has 1 aliphatic carbocycles. The molecule has 1 N–H and O–H groups in total. The summed E-state index contributed by atoms with van der Waals surface area (Å²) in [5, 5.41) is 4.57. The van der Waals surface area contributed by atoms with Crippen LogP contribution in [0, 0.1) is 0 Å². The van der Waals surface area contributed by atoms with Crippen LogP contribution in [-0.2, 0) is 10.2 Å². The fourth-order valence-corrected chi connectivity index (χ4v) is 5.49. The minimum Gasteiger partial charge on any atom is -0.350 e. The van der Waals surface area contributed by atoms with Gasteiger partial charge in [0.25, 0.3) is 0 Å². The topological polar surface area (TPSA) is 44.7 Å². The van der Waals surface area contributed by atoms with Crippen molar-refractivity contribution in [1.82, 2.24) is 4.90 Å². The lowest BCUT2D eigenvalue weighted by molar-refractivity contribution is -0.117. The predicted octanol–water partition coefficient (Wildman–Crippen LogP) is 5.83. The van der Waals surface area contributed by atoms with Crippen molar-refractivity contribution in [3.05, 3.63) is 29.8 Å². The van der Waals surface area contributed by atoms with E-state index in [1.54, 1.807) is 0 Å². The number of thioether (sulfide) groups is 1. The summed E-state index contributed by atoms with van der Waals surface area (Å²) in [4.78, 5) is 20.0. The van der Waals surface area contributed by atoms with Crippen LogP contribution in [0.25, 0.3) is 0 Å². The number of aliphatic imine (C=N–C) groups is 1. The molecule has 29 heavy (non-hydrogen) atoms. The Morgan fingerprint density at radius 1 is 1.14 bits per heavy atom. The number of carbonyl (C=O) groups is 1. The second-order valence-corrected chi connectivity index (χ2v) is 11.0. The lowest BCUT2D eigenvalue weighted by Crippen LogP contribution is -2.36. The van der Waals surface area contributed by atoms with E-state index in [9.17, 15) is 4.79 Å². The number of amidine groups is 1. The van der Waals surface area contributed by atoms with E-state index >= 15 is 0 Å². The Morgan fingerprint density at radius 3 is 2.34 bits per heavy atom. The summed E-state index contributed by atoms with van der Waals surface area (Å²) in [7, 11) is 2.10. The van der Waals surface area contributed by atoms with Crippen LogP contribution in [0.1, 0.15) is 78.2 Å². The van der Waals surface area contributed by atoms with Crippen LogP contribution in [0.2, 0.25) is 0 Å². The minimum atomic E-state index is 0.0773. The molecule has 2 aliphatic rings. The SMILES string of the molecule is CC1SC(=NC2CCCCCC2)N(C)C1CC(=O)Nc1ccc(C(C)(C)C)cc1. The smallest absolute Gasteiger partial charge is 0.226 e. The number of nitrogens with zero attached hydrogens (tertiary/aromatic N) is 2. The average Bonchev–Trinajstić information content (AvgIpc) is 2.84. The van der Waals surface area contributed by atoms with Crippen molar-refractivity contribution in [2.45, 2.75) is 95.4 Å². The average molecular weight is 416 g/mol. The van der Waals surface area contributed by atoms with Crippen LogP contribution >= 0.6 is 11.8 Å². The first-order valence-electron chi connectivity index (χ1n) is 11.1. The van der Waals surface area contributed by atoms with Crippen molar-refractivity contribution in [2.75, 3.05) is 12.4 Å². The predicted molar refractivity (Wildman–Crippen MR) is 126 cm³/mol. The molecular formula is C24H37N3OS. The Bertz CT molecular complexity index is 715. The Morgan fingerprint density at radius 2 is 1.76 bits per heavy atom. The van der Waals surface area contributed by atoms with Gasteiger partial charge >= 0.3 is 0 Å². The maximum Gasteiger partial charge on any atom is 0.226 e. The Balaban J connectivity index is 1.58. The summed E-state index contributed by atoms with van der Waals surface area (Å²) in [6, 6.07) is 8.88. The van der Waals surface area contributed by atoms with Gasteiger partial charge in [0.1, 0.15) is 0 Å². The zero-order valence-corrected chi connectivity index (χ0v) is 19.5. The van der Waals surface area contributed by atoms with E-state index in [0.717, 1.165) is 10.9 Å². The number of benzene rings is 1. The fraction of sp³-hybridized carbons (Fsp3) is 0.667. The van der Waals surface area contributed by atoms with Gasteiger partial charge in [-0.05, 0) is 36.0 Å². The Kier molecular flexibility index (Phi) is 7.31. The van der Waals surface area contributed by atoms with Gasteiger partial charge in [0.05, 0.1) is 12.1 Å². The first-order chi connectivity index (χ1) is 13.7. The molecule has 0 radical (unpaired) electrons. The van der Waals surface area contributed by atoms with E-state index in [0.29, 0.717) is 17.7 Å². The molecule has 1 aliphatic heterocycles. The van der Waals surface area contributed by atoms with E-state index in [1.165, 1.54) is 44.1 Å². The third-order valence-electron chi connectivity index (χ3n) is 6.18. The van der Waals surface area contributed by atoms with Gasteiger partial charge in [0, 0.05) is 24.4 Å². The van der Waals surface area contributed by atoms with Gasteiger partial charge in [-0.2, -0.15) is 0 Å². The molecule has 1 aromatic rings. The van der Waals surface area contributed by atoms with E-state index in [1.807, 2.05) is 23.9 Å². The zero-order valence-electron chi connectivity index (χ0n) is 18.7. The summed E-state index contributed by atoms with van der Waals surface area (Å²) in [6.07, 6.45) is 8.20. The number of amides is 1. The molecular weight excluding hydrogens is 378 g/mol. The van der Waals surface area contributed by atoms with Gasteiger partial charge in [0.15, 0.2) is 5.17 Å². The lowest BCUT2D eigenvalue weighted by atomic mass is 9.87. The quantitative estimate of drug-likeness (QED) is 0.630. The molecule has 3 rings (SSSR count). The number of rotatable bonds is 4. The fourth-order valence-electron chi connectivity index (χ4n) is 4.21. The molecule has 1 amide bonds. The van der Waals surface area contributed by atoms with Gasteiger partial charge in [0.2, 0.25) is 5.91 Å². The molecule has 0 aromatic heterocycles. The molecule has 1 saturated carbocycles. The van der Waals surface area contributed by atoms with Gasteiger partial charge < -0.3 is 10.2 Å². The molecule has 0 bridgehead atoms. The van der Waals surface area contributed by atoms with Gasteiger partial charge in [-0.1, -0.05) is 77.3 Å². The highest BCUT2D eigenvalue weighted by Gasteiger charge is 2.36. The van der Waals surface area contributed by atoms with E-state index in [-0.39, 0.29) is 17.4 Å². The van der Waals surface area contributed by atoms with E-state index in [4.69, 9.17) is 4.99 Å². The lowest BCUT2D eigenvalue weighted by Gasteiger charge is -2.23. The molecule has 5 heteroatoms. The van der Waals surface area contributed by atoms with Crippen LogP contribution in [0.3, 0.4) is 0 Å². The van der Waals surface area contributed by atoms with E-state index in [2.05, 4.69) is 57.1 Å². The summed E-state index contributed by atoms with van der Waals surface area (Å²) < 4.78 is 0. The third kappa shape index (κ3) is 6.00. The normalized spacial score (nSPS) is 25.3. The molecule has 160 valence electrons. The van der Waals surface area contributed by atoms with Crippen molar-refractivity contribution in [2.24, 2.45) is 4.99 Å². The second kappa shape index (κ2) is 9.55. The zero-order chi connectivity index (χ0) is 21.0. The first-order valence-corrected chi connectivity index (χ1v) is 12.0. The Hall–Kier alpha value is -1.49. The Labute approximate surface area is 180 Å². The van der Waals surface area contributed by atoms with Crippen LogP contribution in [0.5, 0.6) is 0 Å². The van der Waals surface area contributed by atoms with Crippen LogP contribution in [-0.4, -0.2) is 40.4 Å². The highest BCUT2D eigenvalue weighted by Crippen LogP contribution is 2.34. The molecule has 1 aromatic carbocycles. The highest BCUT2D eigenvalue weighted by molar-refractivity contribution is 8.14. The van der Waals surface area contributed by atoms with Crippen molar-refractivity contribution in [3.8, 4) is 0 Å². The number of hydrogen-bond acceptors (Lipinski definition) is 3. The molecule has 0 spiro atoms. The summed E-state index contributed by atoms with van der Waals surface area (Å²) >= 11 is 1.83.